The lowest BCUT2D eigenvalue weighted by Crippen LogP contribution is -2.50. The molecule has 0 saturated carbocycles. The van der Waals surface area contributed by atoms with E-state index in [2.05, 4.69) is 10.0 Å². The van der Waals surface area contributed by atoms with Crippen molar-refractivity contribution in [2.75, 3.05) is 19.6 Å². The van der Waals surface area contributed by atoms with E-state index >= 15 is 0 Å². The summed E-state index contributed by atoms with van der Waals surface area (Å²) in [6.45, 7) is 2.46. The molecule has 0 radical (unpaired) electrons. The zero-order chi connectivity index (χ0) is 11.5. The molecule has 16 heavy (non-hydrogen) atoms. The Morgan fingerprint density at radius 1 is 1.19 bits per heavy atom. The number of carboxylic acids is 1. The smallest absolute Gasteiger partial charge is 0.306 e. The number of rotatable bonds is 3. The van der Waals surface area contributed by atoms with Crippen LogP contribution in [0.15, 0.2) is 0 Å². The molecule has 2 aliphatic rings. The normalized spacial score (nSPS) is 29.4. The van der Waals surface area contributed by atoms with E-state index in [9.17, 15) is 9.59 Å². The summed E-state index contributed by atoms with van der Waals surface area (Å²) in [7, 11) is 0. The fraction of sp³-hybridized carbons (Fsp3) is 0.818. The molecule has 0 amide bonds. The van der Waals surface area contributed by atoms with Crippen molar-refractivity contribution in [3.05, 3.63) is 0 Å². The minimum absolute atomic E-state index is 0.0152. The van der Waals surface area contributed by atoms with Crippen molar-refractivity contribution in [1.82, 2.24) is 10.0 Å². The van der Waals surface area contributed by atoms with Crippen molar-refractivity contribution < 1.29 is 14.7 Å². The molecule has 0 aromatic carbocycles. The van der Waals surface area contributed by atoms with Gasteiger partial charge in [0.15, 0.2) is 0 Å². The molecule has 5 nitrogen and oxygen atoms in total. The minimum atomic E-state index is -0.687. The number of hydrazine groups is 1. The number of hydrogen-bond acceptors (Lipinski definition) is 4. The van der Waals surface area contributed by atoms with E-state index in [0.29, 0.717) is 12.8 Å². The van der Waals surface area contributed by atoms with Crippen molar-refractivity contribution in [1.29, 1.82) is 0 Å². The van der Waals surface area contributed by atoms with Gasteiger partial charge in [-0.25, -0.2) is 10.0 Å². The highest BCUT2D eigenvalue weighted by Crippen LogP contribution is 2.24. The van der Waals surface area contributed by atoms with Crippen LogP contribution >= 0.6 is 0 Å². The van der Waals surface area contributed by atoms with E-state index in [1.165, 1.54) is 0 Å². The lowest BCUT2D eigenvalue weighted by Gasteiger charge is -2.38. The van der Waals surface area contributed by atoms with Crippen molar-refractivity contribution in [2.45, 2.75) is 31.7 Å². The average molecular weight is 226 g/mol. The maximum atomic E-state index is 10.9. The summed E-state index contributed by atoms with van der Waals surface area (Å²) in [5, 5.41) is 13.2. The average Bonchev–Trinajstić information content (AvgIpc) is 2.77. The molecule has 90 valence electrons. The second-order valence-electron chi connectivity index (χ2n) is 4.57. The maximum absolute atomic E-state index is 10.9. The SMILES string of the molecule is O=C[C@@H]1CCCN1N1CCC(C(=O)O)CC1. The van der Waals surface area contributed by atoms with Crippen LogP contribution in [0.5, 0.6) is 0 Å². The number of carbonyl (C=O) groups excluding carboxylic acids is 1. The Morgan fingerprint density at radius 2 is 1.88 bits per heavy atom. The van der Waals surface area contributed by atoms with Gasteiger partial charge in [-0.3, -0.25) is 4.79 Å². The molecular weight excluding hydrogens is 208 g/mol. The van der Waals surface area contributed by atoms with Crippen LogP contribution in [0.2, 0.25) is 0 Å². The highest BCUT2D eigenvalue weighted by Gasteiger charge is 2.33. The van der Waals surface area contributed by atoms with Gasteiger partial charge in [-0.1, -0.05) is 0 Å². The fourth-order valence-corrected chi connectivity index (χ4v) is 2.64. The molecule has 2 fully saturated rings. The van der Waals surface area contributed by atoms with E-state index in [1.54, 1.807) is 0 Å². The molecule has 2 heterocycles. The van der Waals surface area contributed by atoms with Crippen LogP contribution in [0.4, 0.5) is 0 Å². The van der Waals surface area contributed by atoms with Gasteiger partial charge >= 0.3 is 5.97 Å². The van der Waals surface area contributed by atoms with Gasteiger partial charge in [0.2, 0.25) is 0 Å². The fourth-order valence-electron chi connectivity index (χ4n) is 2.64. The Labute approximate surface area is 95.0 Å². The number of nitrogens with zero attached hydrogens (tertiary/aromatic N) is 2. The Hall–Kier alpha value is -0.940. The molecule has 2 rings (SSSR count). The number of aldehydes is 1. The number of carbonyl (C=O) groups is 2. The molecule has 0 unspecified atom stereocenters. The van der Waals surface area contributed by atoms with E-state index in [-0.39, 0.29) is 12.0 Å². The van der Waals surface area contributed by atoms with Gasteiger partial charge in [-0.05, 0) is 25.7 Å². The van der Waals surface area contributed by atoms with E-state index in [1.807, 2.05) is 0 Å². The van der Waals surface area contributed by atoms with Gasteiger partial charge < -0.3 is 9.90 Å². The number of carboxylic acid groups (broad SMARTS) is 1. The Balaban J connectivity index is 1.88. The van der Waals surface area contributed by atoms with Crippen LogP contribution in [0.1, 0.15) is 25.7 Å². The van der Waals surface area contributed by atoms with Gasteiger partial charge in [0.25, 0.3) is 0 Å². The lowest BCUT2D eigenvalue weighted by atomic mass is 9.98. The number of piperidine rings is 1. The van der Waals surface area contributed by atoms with E-state index in [4.69, 9.17) is 5.11 Å². The molecule has 0 aromatic rings. The van der Waals surface area contributed by atoms with E-state index in [0.717, 1.165) is 38.8 Å². The summed E-state index contributed by atoms with van der Waals surface area (Å²) in [4.78, 5) is 21.7. The predicted octanol–water partition coefficient (Wildman–Crippen LogP) is 0.361. The van der Waals surface area contributed by atoms with Crippen LogP contribution in [-0.2, 0) is 9.59 Å². The van der Waals surface area contributed by atoms with Crippen molar-refractivity contribution >= 4 is 12.3 Å². The molecule has 0 bridgehead atoms. The monoisotopic (exact) mass is 226 g/mol. The molecule has 2 aliphatic heterocycles. The third kappa shape index (κ3) is 2.25. The van der Waals surface area contributed by atoms with Gasteiger partial charge in [0.1, 0.15) is 6.29 Å². The van der Waals surface area contributed by atoms with E-state index < -0.39 is 5.97 Å². The molecule has 1 N–H and O–H groups in total. The maximum Gasteiger partial charge on any atom is 0.306 e. The number of hydrogen-bond donors (Lipinski definition) is 1. The summed E-state index contributed by atoms with van der Waals surface area (Å²) < 4.78 is 0. The molecule has 0 spiro atoms. The lowest BCUT2D eigenvalue weighted by molar-refractivity contribution is -0.146. The third-order valence-electron chi connectivity index (χ3n) is 3.61. The van der Waals surface area contributed by atoms with Crippen LogP contribution in [-0.4, -0.2) is 53.1 Å². The Kier molecular flexibility index (Phi) is 3.56. The summed E-state index contributed by atoms with van der Waals surface area (Å²) >= 11 is 0. The molecular formula is C11H18N2O3. The van der Waals surface area contributed by atoms with Gasteiger partial charge in [-0.2, -0.15) is 0 Å². The standard InChI is InChI=1S/C11H18N2O3/c14-8-10-2-1-5-13(10)12-6-3-9(4-7-12)11(15)16/h8-10H,1-7H2,(H,15,16)/t10-/m0/s1. The number of aliphatic carboxylic acids is 1. The first-order valence-electron chi connectivity index (χ1n) is 5.92. The summed E-state index contributed by atoms with van der Waals surface area (Å²) in [6, 6.07) is 0.0152. The quantitative estimate of drug-likeness (QED) is 0.704. The summed E-state index contributed by atoms with van der Waals surface area (Å²) in [6.07, 6.45) is 4.38. The van der Waals surface area contributed by atoms with Crippen LogP contribution < -0.4 is 0 Å². The van der Waals surface area contributed by atoms with Gasteiger partial charge in [-0.15, -0.1) is 0 Å². The van der Waals surface area contributed by atoms with Gasteiger partial charge in [0.05, 0.1) is 12.0 Å². The first-order valence-corrected chi connectivity index (χ1v) is 5.92. The largest absolute Gasteiger partial charge is 0.481 e. The highest BCUT2D eigenvalue weighted by atomic mass is 16.4. The molecule has 0 aromatic heterocycles. The summed E-state index contributed by atoms with van der Waals surface area (Å²) in [5.74, 6) is -0.887. The first-order chi connectivity index (χ1) is 7.72. The zero-order valence-electron chi connectivity index (χ0n) is 9.34. The molecule has 0 aliphatic carbocycles. The molecule has 1 atom stereocenters. The van der Waals surface area contributed by atoms with Crippen LogP contribution in [0.25, 0.3) is 0 Å². The topological polar surface area (TPSA) is 60.9 Å². The third-order valence-corrected chi connectivity index (χ3v) is 3.61. The predicted molar refractivity (Wildman–Crippen MR) is 57.7 cm³/mol. The highest BCUT2D eigenvalue weighted by molar-refractivity contribution is 5.70. The first kappa shape index (κ1) is 11.5. The molecule has 5 heteroatoms. The zero-order valence-corrected chi connectivity index (χ0v) is 9.34. The van der Waals surface area contributed by atoms with Gasteiger partial charge in [0, 0.05) is 19.6 Å². The second kappa shape index (κ2) is 4.93. The Morgan fingerprint density at radius 3 is 2.44 bits per heavy atom. The van der Waals surface area contributed by atoms with Crippen LogP contribution in [0, 0.1) is 5.92 Å². The Bertz CT molecular complexity index is 274. The van der Waals surface area contributed by atoms with Crippen molar-refractivity contribution in [2.24, 2.45) is 5.92 Å². The van der Waals surface area contributed by atoms with Crippen molar-refractivity contribution in [3.8, 4) is 0 Å². The second-order valence-corrected chi connectivity index (χ2v) is 4.57. The van der Waals surface area contributed by atoms with Crippen LogP contribution in [0.3, 0.4) is 0 Å². The molecule has 2 saturated heterocycles. The minimum Gasteiger partial charge on any atom is -0.481 e. The summed E-state index contributed by atoms with van der Waals surface area (Å²) in [5.41, 5.74) is 0. The van der Waals surface area contributed by atoms with Crippen molar-refractivity contribution in [3.63, 3.8) is 0 Å².